The van der Waals surface area contributed by atoms with Gasteiger partial charge in [0.2, 0.25) is 0 Å². The first kappa shape index (κ1) is 15.8. The van der Waals surface area contributed by atoms with Crippen LogP contribution in [0.25, 0.3) is 0 Å². The number of likely N-dealkylation sites (tertiary alicyclic amines) is 1. The van der Waals surface area contributed by atoms with Crippen LogP contribution in [0.4, 0.5) is 4.79 Å². The molecule has 5 nitrogen and oxygen atoms in total. The monoisotopic (exact) mass is 271 g/mol. The molecular weight excluding hydrogens is 246 g/mol. The second-order valence-electron chi connectivity index (χ2n) is 5.81. The van der Waals surface area contributed by atoms with Crippen LogP contribution in [0.1, 0.15) is 53.4 Å². The highest BCUT2D eigenvalue weighted by Gasteiger charge is 2.32. The number of carbonyl (C=O) groups is 2. The highest BCUT2D eigenvalue weighted by atomic mass is 16.6. The first-order chi connectivity index (χ1) is 8.83. The lowest BCUT2D eigenvalue weighted by molar-refractivity contribution is -0.143. The number of esters is 1. The van der Waals surface area contributed by atoms with E-state index in [4.69, 9.17) is 9.47 Å². The standard InChI is InChI=1S/C14H25NO4/c1-5-18-12(16)9-8-11-7-6-10-15(11)13(17)19-14(2,3)4/h11H,5-10H2,1-4H3/t11-/m0/s1. The third kappa shape index (κ3) is 5.49. The van der Waals surface area contributed by atoms with E-state index in [-0.39, 0.29) is 18.1 Å². The summed E-state index contributed by atoms with van der Waals surface area (Å²) in [5, 5.41) is 0. The summed E-state index contributed by atoms with van der Waals surface area (Å²) in [6, 6.07) is 0.0965. The molecule has 0 saturated carbocycles. The Hall–Kier alpha value is -1.26. The molecule has 0 aliphatic carbocycles. The zero-order valence-corrected chi connectivity index (χ0v) is 12.4. The molecule has 0 spiro atoms. The molecule has 1 aliphatic heterocycles. The summed E-state index contributed by atoms with van der Waals surface area (Å²) < 4.78 is 10.3. The van der Waals surface area contributed by atoms with Gasteiger partial charge in [0, 0.05) is 19.0 Å². The number of ether oxygens (including phenoxy) is 2. The Kier molecular flexibility index (Phi) is 5.63. The zero-order valence-electron chi connectivity index (χ0n) is 12.4. The number of amides is 1. The summed E-state index contributed by atoms with van der Waals surface area (Å²) in [4.78, 5) is 25.1. The first-order valence-corrected chi connectivity index (χ1v) is 6.98. The third-order valence-electron chi connectivity index (χ3n) is 2.99. The second-order valence-corrected chi connectivity index (χ2v) is 5.81. The number of hydrogen-bond acceptors (Lipinski definition) is 4. The molecule has 0 aromatic carbocycles. The average molecular weight is 271 g/mol. The molecule has 1 rings (SSSR count). The summed E-state index contributed by atoms with van der Waals surface area (Å²) >= 11 is 0. The third-order valence-corrected chi connectivity index (χ3v) is 2.99. The second kappa shape index (κ2) is 6.78. The normalized spacial score (nSPS) is 19.4. The number of hydrogen-bond donors (Lipinski definition) is 0. The minimum Gasteiger partial charge on any atom is -0.466 e. The van der Waals surface area contributed by atoms with Crippen LogP contribution >= 0.6 is 0 Å². The van der Waals surface area contributed by atoms with Crippen molar-refractivity contribution >= 4 is 12.1 Å². The van der Waals surface area contributed by atoms with E-state index in [1.807, 2.05) is 20.8 Å². The predicted molar refractivity (Wildman–Crippen MR) is 71.8 cm³/mol. The highest BCUT2D eigenvalue weighted by Crippen LogP contribution is 2.24. The molecule has 1 amide bonds. The molecule has 0 radical (unpaired) electrons. The fourth-order valence-electron chi connectivity index (χ4n) is 2.21. The van der Waals surface area contributed by atoms with Gasteiger partial charge in [-0.3, -0.25) is 4.79 Å². The molecule has 1 aliphatic rings. The minimum absolute atomic E-state index is 0.0965. The molecule has 0 bridgehead atoms. The average Bonchev–Trinajstić information content (AvgIpc) is 2.72. The fourth-order valence-corrected chi connectivity index (χ4v) is 2.21. The van der Waals surface area contributed by atoms with Crippen LogP contribution in [-0.2, 0) is 14.3 Å². The lowest BCUT2D eigenvalue weighted by Crippen LogP contribution is -2.40. The van der Waals surface area contributed by atoms with Gasteiger partial charge in [-0.25, -0.2) is 4.79 Å². The number of carbonyl (C=O) groups excluding carboxylic acids is 2. The molecular formula is C14H25NO4. The fraction of sp³-hybridized carbons (Fsp3) is 0.857. The van der Waals surface area contributed by atoms with Gasteiger partial charge in [0.1, 0.15) is 5.60 Å². The van der Waals surface area contributed by atoms with E-state index in [1.54, 1.807) is 11.8 Å². The van der Waals surface area contributed by atoms with E-state index in [1.165, 1.54) is 0 Å². The van der Waals surface area contributed by atoms with Crippen molar-refractivity contribution < 1.29 is 19.1 Å². The molecule has 19 heavy (non-hydrogen) atoms. The first-order valence-electron chi connectivity index (χ1n) is 6.98. The zero-order chi connectivity index (χ0) is 14.5. The van der Waals surface area contributed by atoms with Crippen LogP contribution in [0, 0.1) is 0 Å². The lowest BCUT2D eigenvalue weighted by Gasteiger charge is -2.28. The van der Waals surface area contributed by atoms with Crippen LogP contribution in [0.15, 0.2) is 0 Å². The summed E-state index contributed by atoms with van der Waals surface area (Å²) in [6.07, 6.45) is 2.63. The van der Waals surface area contributed by atoms with Crippen molar-refractivity contribution in [2.75, 3.05) is 13.2 Å². The summed E-state index contributed by atoms with van der Waals surface area (Å²) in [5.41, 5.74) is -0.481. The van der Waals surface area contributed by atoms with Gasteiger partial charge in [-0.05, 0) is 47.0 Å². The molecule has 0 aromatic rings. The van der Waals surface area contributed by atoms with E-state index in [0.29, 0.717) is 26.0 Å². The van der Waals surface area contributed by atoms with Gasteiger partial charge in [-0.2, -0.15) is 0 Å². The van der Waals surface area contributed by atoms with Crippen molar-refractivity contribution in [1.82, 2.24) is 4.90 Å². The Morgan fingerprint density at radius 2 is 2.00 bits per heavy atom. The van der Waals surface area contributed by atoms with Gasteiger partial charge >= 0.3 is 12.1 Å². The summed E-state index contributed by atoms with van der Waals surface area (Å²) in [6.45, 7) is 8.47. The maximum Gasteiger partial charge on any atom is 0.410 e. The topological polar surface area (TPSA) is 55.8 Å². The Labute approximate surface area is 115 Å². The molecule has 0 unspecified atom stereocenters. The Morgan fingerprint density at radius 3 is 2.58 bits per heavy atom. The van der Waals surface area contributed by atoms with E-state index in [0.717, 1.165) is 12.8 Å². The van der Waals surface area contributed by atoms with Crippen LogP contribution in [0.3, 0.4) is 0 Å². The predicted octanol–water partition coefficient (Wildman–Crippen LogP) is 2.73. The van der Waals surface area contributed by atoms with Crippen LogP contribution in [0.5, 0.6) is 0 Å². The highest BCUT2D eigenvalue weighted by molar-refractivity contribution is 5.70. The van der Waals surface area contributed by atoms with E-state index < -0.39 is 5.60 Å². The van der Waals surface area contributed by atoms with Gasteiger partial charge in [-0.1, -0.05) is 0 Å². The molecule has 1 heterocycles. The van der Waals surface area contributed by atoms with Crippen molar-refractivity contribution in [1.29, 1.82) is 0 Å². The van der Waals surface area contributed by atoms with Crippen LogP contribution in [0.2, 0.25) is 0 Å². The smallest absolute Gasteiger partial charge is 0.410 e. The van der Waals surface area contributed by atoms with E-state index in [2.05, 4.69) is 0 Å². The van der Waals surface area contributed by atoms with Crippen molar-refractivity contribution in [3.63, 3.8) is 0 Å². The SMILES string of the molecule is CCOC(=O)CC[C@@H]1CCCN1C(=O)OC(C)(C)C. The molecule has 0 N–H and O–H groups in total. The van der Waals surface area contributed by atoms with Gasteiger partial charge in [0.15, 0.2) is 0 Å². The largest absolute Gasteiger partial charge is 0.466 e. The minimum atomic E-state index is -0.481. The van der Waals surface area contributed by atoms with Crippen LogP contribution in [-0.4, -0.2) is 41.8 Å². The molecule has 0 aromatic heterocycles. The number of rotatable bonds is 4. The van der Waals surface area contributed by atoms with Crippen molar-refractivity contribution in [2.24, 2.45) is 0 Å². The Morgan fingerprint density at radius 1 is 1.32 bits per heavy atom. The van der Waals surface area contributed by atoms with Gasteiger partial charge in [-0.15, -0.1) is 0 Å². The van der Waals surface area contributed by atoms with Crippen molar-refractivity contribution in [3.05, 3.63) is 0 Å². The van der Waals surface area contributed by atoms with Crippen LogP contribution < -0.4 is 0 Å². The van der Waals surface area contributed by atoms with Crippen molar-refractivity contribution in [2.45, 2.75) is 65.0 Å². The van der Waals surface area contributed by atoms with Gasteiger partial charge in [0.25, 0.3) is 0 Å². The number of nitrogens with zero attached hydrogens (tertiary/aromatic N) is 1. The maximum absolute atomic E-state index is 12.0. The molecule has 1 fully saturated rings. The van der Waals surface area contributed by atoms with E-state index >= 15 is 0 Å². The Bertz CT molecular complexity index is 322. The van der Waals surface area contributed by atoms with E-state index in [9.17, 15) is 9.59 Å². The molecule has 1 saturated heterocycles. The molecule has 110 valence electrons. The summed E-state index contributed by atoms with van der Waals surface area (Å²) in [5.74, 6) is -0.196. The quantitative estimate of drug-likeness (QED) is 0.738. The lowest BCUT2D eigenvalue weighted by atomic mass is 10.1. The molecule has 5 heteroatoms. The summed E-state index contributed by atoms with van der Waals surface area (Å²) in [7, 11) is 0. The molecule has 1 atom stereocenters. The van der Waals surface area contributed by atoms with Gasteiger partial charge in [0.05, 0.1) is 6.61 Å². The maximum atomic E-state index is 12.0. The van der Waals surface area contributed by atoms with Gasteiger partial charge < -0.3 is 14.4 Å². The van der Waals surface area contributed by atoms with Crippen molar-refractivity contribution in [3.8, 4) is 0 Å². The Balaban J connectivity index is 2.45.